The first-order valence-corrected chi connectivity index (χ1v) is 13.3. The largest absolute Gasteiger partial charge is 0.456 e. The third kappa shape index (κ3) is 5.75. The molecular formula is C30H32N6O4S. The summed E-state index contributed by atoms with van der Waals surface area (Å²) in [5.74, 6) is 1.12. The summed E-state index contributed by atoms with van der Waals surface area (Å²) in [7, 11) is 0. The molecule has 1 aromatic carbocycles. The summed E-state index contributed by atoms with van der Waals surface area (Å²) in [6.07, 6.45) is 6.55. The molecule has 212 valence electrons. The summed E-state index contributed by atoms with van der Waals surface area (Å²) < 4.78 is 5.82. The van der Waals surface area contributed by atoms with Crippen LogP contribution in [0.3, 0.4) is 0 Å². The molecule has 10 nitrogen and oxygen atoms in total. The molecular weight excluding hydrogens is 540 g/mol. The van der Waals surface area contributed by atoms with Gasteiger partial charge < -0.3 is 20.7 Å². The Bertz CT molecular complexity index is 1590. The number of hydrogen-bond acceptors (Lipinski definition) is 7. The van der Waals surface area contributed by atoms with Crippen LogP contribution < -0.4 is 25.6 Å². The molecule has 1 saturated carbocycles. The van der Waals surface area contributed by atoms with E-state index in [1.54, 1.807) is 30.6 Å². The van der Waals surface area contributed by atoms with Gasteiger partial charge in [-0.15, -0.1) is 11.3 Å². The van der Waals surface area contributed by atoms with Crippen LogP contribution >= 0.6 is 11.3 Å². The molecule has 6 rings (SSSR count). The summed E-state index contributed by atoms with van der Waals surface area (Å²) in [5, 5.41) is 9.50. The number of rotatable bonds is 7. The predicted octanol–water partition coefficient (Wildman–Crippen LogP) is 6.39. The maximum atomic E-state index is 13.3. The van der Waals surface area contributed by atoms with E-state index in [1.807, 2.05) is 30.3 Å². The smallest absolute Gasteiger partial charge is 0.332 e. The Morgan fingerprint density at radius 2 is 1.78 bits per heavy atom. The molecule has 11 heteroatoms. The molecule has 4 aromatic rings. The molecule has 0 saturated heterocycles. The molecule has 2 aliphatic rings. The normalized spacial score (nSPS) is 17.1. The number of amides is 4. The molecule has 1 fully saturated rings. The van der Waals surface area contributed by atoms with Crippen molar-refractivity contribution in [2.45, 2.75) is 46.2 Å². The lowest BCUT2D eigenvalue weighted by molar-refractivity contribution is -0.117. The molecule has 0 radical (unpaired) electrons. The molecule has 4 amide bonds. The van der Waals surface area contributed by atoms with Crippen molar-refractivity contribution in [2.24, 2.45) is 0 Å². The van der Waals surface area contributed by atoms with Crippen LogP contribution in [-0.2, 0) is 4.79 Å². The highest BCUT2D eigenvalue weighted by Gasteiger charge is 2.34. The van der Waals surface area contributed by atoms with Crippen molar-refractivity contribution in [3.8, 4) is 11.5 Å². The molecule has 1 aliphatic carbocycles. The van der Waals surface area contributed by atoms with E-state index in [2.05, 4.69) is 32.5 Å². The number of urea groups is 1. The van der Waals surface area contributed by atoms with E-state index < -0.39 is 6.03 Å². The molecule has 0 bridgehead atoms. The minimum absolute atomic E-state index is 0. The molecule has 0 unspecified atom stereocenters. The second-order valence-electron chi connectivity index (χ2n) is 9.24. The highest BCUT2D eigenvalue weighted by atomic mass is 32.1. The number of thiophene rings is 1. The van der Waals surface area contributed by atoms with E-state index in [0.717, 1.165) is 12.8 Å². The van der Waals surface area contributed by atoms with Crippen LogP contribution in [-0.4, -0.2) is 39.9 Å². The Morgan fingerprint density at radius 1 is 1.02 bits per heavy atom. The van der Waals surface area contributed by atoms with Crippen molar-refractivity contribution in [1.82, 2.24) is 20.6 Å². The average Bonchev–Trinajstić information content (AvgIpc) is 3.55. The van der Waals surface area contributed by atoms with E-state index in [9.17, 15) is 14.4 Å². The van der Waals surface area contributed by atoms with Crippen LogP contribution in [0, 0.1) is 0 Å². The number of ether oxygens (including phenoxy) is 1. The molecule has 41 heavy (non-hydrogen) atoms. The molecule has 4 heterocycles. The SMILES string of the molecule is C.C.C=CC(=O)N[C@H]1CC[C@@H](NC(=O)c2sc3nccc4c3c2NC(=O)N4c2ccc(Oc3ccccc3)cn2)C1. The maximum absolute atomic E-state index is 13.3. The lowest BCUT2D eigenvalue weighted by Crippen LogP contribution is -2.37. The quantitative estimate of drug-likeness (QED) is 0.220. The third-order valence-corrected chi connectivity index (χ3v) is 7.78. The fraction of sp³-hybridized carbons (Fsp3) is 0.233. The van der Waals surface area contributed by atoms with Crippen molar-refractivity contribution in [3.05, 3.63) is 78.5 Å². The minimum atomic E-state index is -0.431. The highest BCUT2D eigenvalue weighted by molar-refractivity contribution is 7.21. The summed E-state index contributed by atoms with van der Waals surface area (Å²) in [4.78, 5) is 49.6. The summed E-state index contributed by atoms with van der Waals surface area (Å²) in [6.45, 7) is 3.48. The minimum Gasteiger partial charge on any atom is -0.456 e. The number of carbonyl (C=O) groups is 3. The van der Waals surface area contributed by atoms with Gasteiger partial charge in [0.1, 0.15) is 27.0 Å². The fourth-order valence-corrected chi connectivity index (χ4v) is 5.94. The van der Waals surface area contributed by atoms with Gasteiger partial charge in [-0.3, -0.25) is 9.59 Å². The Labute approximate surface area is 242 Å². The lowest BCUT2D eigenvalue weighted by atomic mass is 10.1. The van der Waals surface area contributed by atoms with E-state index in [0.29, 0.717) is 50.2 Å². The van der Waals surface area contributed by atoms with E-state index >= 15 is 0 Å². The van der Waals surface area contributed by atoms with E-state index in [1.165, 1.54) is 22.3 Å². The van der Waals surface area contributed by atoms with Crippen molar-refractivity contribution < 1.29 is 19.1 Å². The number of aromatic nitrogens is 2. The number of para-hydroxylation sites is 1. The first kappa shape index (κ1) is 29.2. The van der Waals surface area contributed by atoms with E-state index in [-0.39, 0.29) is 38.8 Å². The van der Waals surface area contributed by atoms with Gasteiger partial charge in [-0.05, 0) is 55.7 Å². The number of hydrogen-bond donors (Lipinski definition) is 3. The Hall–Kier alpha value is -4.77. The molecule has 2 atom stereocenters. The first-order chi connectivity index (χ1) is 19.0. The van der Waals surface area contributed by atoms with Crippen molar-refractivity contribution in [2.75, 3.05) is 10.2 Å². The van der Waals surface area contributed by atoms with Gasteiger partial charge in [-0.25, -0.2) is 19.7 Å². The van der Waals surface area contributed by atoms with Crippen LogP contribution in [0.1, 0.15) is 43.8 Å². The maximum Gasteiger partial charge on any atom is 0.332 e. The van der Waals surface area contributed by atoms with Gasteiger partial charge in [-0.2, -0.15) is 0 Å². The zero-order valence-electron chi connectivity index (χ0n) is 20.7. The summed E-state index contributed by atoms with van der Waals surface area (Å²) >= 11 is 1.22. The highest BCUT2D eigenvalue weighted by Crippen LogP contribution is 2.45. The number of nitrogens with zero attached hydrogens (tertiary/aromatic N) is 3. The second kappa shape index (κ2) is 12.2. The van der Waals surface area contributed by atoms with Gasteiger partial charge in [0.15, 0.2) is 0 Å². The summed E-state index contributed by atoms with van der Waals surface area (Å²) in [6, 6.07) is 14.0. The van der Waals surface area contributed by atoms with Gasteiger partial charge in [0.25, 0.3) is 5.91 Å². The van der Waals surface area contributed by atoms with Gasteiger partial charge in [-0.1, -0.05) is 39.6 Å². The van der Waals surface area contributed by atoms with Gasteiger partial charge in [0, 0.05) is 18.3 Å². The van der Waals surface area contributed by atoms with Gasteiger partial charge in [0.05, 0.1) is 23.0 Å². The number of carbonyl (C=O) groups excluding carboxylic acids is 3. The molecule has 0 spiro atoms. The van der Waals surface area contributed by atoms with Crippen LogP contribution in [0.4, 0.5) is 22.0 Å². The fourth-order valence-electron chi connectivity index (χ4n) is 4.92. The summed E-state index contributed by atoms with van der Waals surface area (Å²) in [5.41, 5.74) is 1.03. The van der Waals surface area contributed by atoms with E-state index in [4.69, 9.17) is 4.74 Å². The monoisotopic (exact) mass is 572 g/mol. The lowest BCUT2D eigenvalue weighted by Gasteiger charge is -2.27. The predicted molar refractivity (Wildman–Crippen MR) is 162 cm³/mol. The number of anilines is 3. The van der Waals surface area contributed by atoms with Crippen molar-refractivity contribution >= 4 is 56.6 Å². The topological polar surface area (TPSA) is 126 Å². The standard InChI is InChI=1S/C28H24N6O4S.2CH4/c1-2-22(35)31-16-8-9-17(14-16)32-26(36)25-24-23-20(12-13-29-27(23)39-25)34(28(37)33-24)21-11-10-19(15-30-21)38-18-6-4-3-5-7-18;;/h2-7,10-13,15-17H,1,8-9,14H2,(H,31,35)(H,32,36)(H,33,37);2*1H4/t16-,17+;;/m0../s1. The Balaban J connectivity index is 0.00000194. The van der Waals surface area contributed by atoms with Gasteiger partial charge >= 0.3 is 6.03 Å². The van der Waals surface area contributed by atoms with Crippen LogP contribution in [0.2, 0.25) is 0 Å². The Morgan fingerprint density at radius 3 is 2.49 bits per heavy atom. The second-order valence-corrected chi connectivity index (χ2v) is 10.2. The molecule has 1 aliphatic heterocycles. The van der Waals surface area contributed by atoms with Crippen molar-refractivity contribution in [3.63, 3.8) is 0 Å². The van der Waals surface area contributed by atoms with Crippen molar-refractivity contribution in [1.29, 1.82) is 0 Å². The van der Waals surface area contributed by atoms with Crippen LogP contribution in [0.25, 0.3) is 10.2 Å². The van der Waals surface area contributed by atoms with Crippen LogP contribution in [0.5, 0.6) is 11.5 Å². The zero-order chi connectivity index (χ0) is 26.9. The number of pyridine rings is 2. The first-order valence-electron chi connectivity index (χ1n) is 12.5. The van der Waals surface area contributed by atoms with Crippen LogP contribution in [0.15, 0.2) is 73.6 Å². The molecule has 3 N–H and O–H groups in total. The molecule has 3 aromatic heterocycles. The number of nitrogens with one attached hydrogen (secondary N) is 3. The Kier molecular flexibility index (Phi) is 8.68. The zero-order valence-corrected chi connectivity index (χ0v) is 21.5. The third-order valence-electron chi connectivity index (χ3n) is 6.68. The average molecular weight is 573 g/mol. The number of benzene rings is 1. The van der Waals surface area contributed by atoms with Gasteiger partial charge in [0.2, 0.25) is 5.91 Å².